The molecule has 1 N–H and O–H groups in total. The summed E-state index contributed by atoms with van der Waals surface area (Å²) in [5.74, 6) is 1.81. The summed E-state index contributed by atoms with van der Waals surface area (Å²) in [6.45, 7) is 4.49. The number of hydrogen-bond acceptors (Lipinski definition) is 5. The lowest BCUT2D eigenvalue weighted by molar-refractivity contribution is -0.116. The number of rotatable bonds is 6. The quantitative estimate of drug-likeness (QED) is 0.811. The van der Waals surface area contributed by atoms with Crippen LogP contribution in [-0.4, -0.2) is 56.3 Å². The van der Waals surface area contributed by atoms with E-state index in [1.165, 1.54) is 4.90 Å². The standard InChI is InChI=1S/C21H23N3O5/c1-2-27-17-6-3-15(4-7-17)22-20(25)14-23-9-10-24(21(23)26)16-5-8-18-19(13-16)29-12-11-28-18/h3-8,13H,2,9-12,14H2,1H3,(H,22,25). The molecule has 8 nitrogen and oxygen atoms in total. The van der Waals surface area contributed by atoms with Gasteiger partial charge >= 0.3 is 6.03 Å². The highest BCUT2D eigenvalue weighted by atomic mass is 16.6. The molecule has 0 bridgehead atoms. The number of nitrogens with zero attached hydrogens (tertiary/aromatic N) is 2. The monoisotopic (exact) mass is 397 g/mol. The van der Waals surface area contributed by atoms with Crippen LogP contribution in [0.4, 0.5) is 16.2 Å². The molecule has 0 spiro atoms. The van der Waals surface area contributed by atoms with Gasteiger partial charge in [0.1, 0.15) is 25.5 Å². The second-order valence-electron chi connectivity index (χ2n) is 6.69. The smallest absolute Gasteiger partial charge is 0.325 e. The average molecular weight is 397 g/mol. The van der Waals surface area contributed by atoms with Gasteiger partial charge in [-0.05, 0) is 43.3 Å². The van der Waals surface area contributed by atoms with Crippen molar-refractivity contribution in [1.29, 1.82) is 0 Å². The Hall–Kier alpha value is -3.42. The molecule has 2 aliphatic rings. The summed E-state index contributed by atoms with van der Waals surface area (Å²) in [4.78, 5) is 28.3. The molecule has 1 saturated heterocycles. The van der Waals surface area contributed by atoms with Gasteiger partial charge in [-0.15, -0.1) is 0 Å². The highest BCUT2D eigenvalue weighted by molar-refractivity contribution is 5.99. The van der Waals surface area contributed by atoms with Gasteiger partial charge in [-0.2, -0.15) is 0 Å². The van der Waals surface area contributed by atoms with Crippen molar-refractivity contribution in [2.75, 3.05) is 49.7 Å². The van der Waals surface area contributed by atoms with Crippen LogP contribution in [0.3, 0.4) is 0 Å². The maximum Gasteiger partial charge on any atom is 0.325 e. The third-order valence-corrected chi connectivity index (χ3v) is 4.72. The molecular formula is C21H23N3O5. The van der Waals surface area contributed by atoms with Crippen LogP contribution in [0.25, 0.3) is 0 Å². The molecule has 0 saturated carbocycles. The third kappa shape index (κ3) is 4.21. The van der Waals surface area contributed by atoms with Crippen LogP contribution in [0, 0.1) is 0 Å². The first-order valence-corrected chi connectivity index (χ1v) is 9.63. The molecule has 0 aliphatic carbocycles. The SMILES string of the molecule is CCOc1ccc(NC(=O)CN2CCN(c3ccc4c(c3)OCCO4)C2=O)cc1. The Morgan fingerprint density at radius 2 is 1.83 bits per heavy atom. The Kier molecular flexibility index (Phi) is 5.41. The Morgan fingerprint density at radius 1 is 1.07 bits per heavy atom. The molecule has 3 amide bonds. The van der Waals surface area contributed by atoms with Gasteiger partial charge in [0.05, 0.1) is 6.61 Å². The zero-order chi connectivity index (χ0) is 20.2. The van der Waals surface area contributed by atoms with E-state index in [1.807, 2.05) is 13.0 Å². The molecule has 2 aliphatic heterocycles. The summed E-state index contributed by atoms with van der Waals surface area (Å²) in [5, 5.41) is 2.81. The minimum atomic E-state index is -0.244. The number of ether oxygens (including phenoxy) is 3. The van der Waals surface area contributed by atoms with Gasteiger partial charge in [0.15, 0.2) is 11.5 Å². The van der Waals surface area contributed by atoms with Crippen LogP contribution in [0.15, 0.2) is 42.5 Å². The van der Waals surface area contributed by atoms with Crippen molar-refractivity contribution in [3.8, 4) is 17.2 Å². The number of carbonyl (C=O) groups excluding carboxylic acids is 2. The molecule has 1 fully saturated rings. The number of urea groups is 1. The Morgan fingerprint density at radius 3 is 2.59 bits per heavy atom. The second-order valence-corrected chi connectivity index (χ2v) is 6.69. The highest BCUT2D eigenvalue weighted by Crippen LogP contribution is 2.35. The Labute approximate surface area is 168 Å². The predicted octanol–water partition coefficient (Wildman–Crippen LogP) is 2.74. The molecule has 0 radical (unpaired) electrons. The van der Waals surface area contributed by atoms with E-state index >= 15 is 0 Å². The lowest BCUT2D eigenvalue weighted by atomic mass is 10.2. The minimum absolute atomic E-state index is 0.00685. The van der Waals surface area contributed by atoms with E-state index in [9.17, 15) is 9.59 Å². The number of carbonyl (C=O) groups is 2. The van der Waals surface area contributed by atoms with E-state index in [2.05, 4.69) is 5.32 Å². The zero-order valence-electron chi connectivity index (χ0n) is 16.2. The summed E-state index contributed by atoms with van der Waals surface area (Å²) in [6, 6.07) is 12.4. The predicted molar refractivity (Wildman–Crippen MR) is 108 cm³/mol. The van der Waals surface area contributed by atoms with E-state index in [1.54, 1.807) is 41.3 Å². The molecular weight excluding hydrogens is 374 g/mol. The summed E-state index contributed by atoms with van der Waals surface area (Å²) in [5.41, 5.74) is 1.39. The van der Waals surface area contributed by atoms with Crippen molar-refractivity contribution in [3.63, 3.8) is 0 Å². The maximum absolute atomic E-state index is 12.8. The number of nitrogens with one attached hydrogen (secondary N) is 1. The van der Waals surface area contributed by atoms with E-state index < -0.39 is 0 Å². The van der Waals surface area contributed by atoms with Crippen molar-refractivity contribution < 1.29 is 23.8 Å². The fourth-order valence-electron chi connectivity index (χ4n) is 3.34. The molecule has 152 valence electrons. The van der Waals surface area contributed by atoms with E-state index in [0.29, 0.717) is 50.1 Å². The van der Waals surface area contributed by atoms with Gasteiger partial charge in [0.2, 0.25) is 5.91 Å². The Bertz CT molecular complexity index is 900. The highest BCUT2D eigenvalue weighted by Gasteiger charge is 2.31. The van der Waals surface area contributed by atoms with Crippen LogP contribution >= 0.6 is 0 Å². The number of benzene rings is 2. The molecule has 2 aromatic rings. The van der Waals surface area contributed by atoms with Gasteiger partial charge in [-0.1, -0.05) is 0 Å². The first-order chi connectivity index (χ1) is 14.1. The lowest BCUT2D eigenvalue weighted by Crippen LogP contribution is -2.37. The number of amides is 3. The molecule has 4 rings (SSSR count). The molecule has 0 atom stereocenters. The summed E-state index contributed by atoms with van der Waals surface area (Å²) in [6.07, 6.45) is 0. The van der Waals surface area contributed by atoms with E-state index in [4.69, 9.17) is 14.2 Å². The third-order valence-electron chi connectivity index (χ3n) is 4.72. The molecule has 0 unspecified atom stereocenters. The molecule has 29 heavy (non-hydrogen) atoms. The van der Waals surface area contributed by atoms with Gasteiger partial charge in [-0.25, -0.2) is 4.79 Å². The van der Waals surface area contributed by atoms with Crippen LogP contribution in [0.1, 0.15) is 6.92 Å². The topological polar surface area (TPSA) is 80.3 Å². The lowest BCUT2D eigenvalue weighted by Gasteiger charge is -2.22. The Balaban J connectivity index is 1.35. The fraction of sp³-hybridized carbons (Fsp3) is 0.333. The van der Waals surface area contributed by atoms with Gasteiger partial charge in [-0.3, -0.25) is 9.69 Å². The number of hydrogen-bond donors (Lipinski definition) is 1. The molecule has 0 aromatic heterocycles. The van der Waals surface area contributed by atoms with Crippen molar-refractivity contribution >= 4 is 23.3 Å². The normalized spacial score (nSPS) is 15.4. The molecule has 2 heterocycles. The second kappa shape index (κ2) is 8.30. The van der Waals surface area contributed by atoms with Crippen LogP contribution < -0.4 is 24.4 Å². The first kappa shape index (κ1) is 18.9. The van der Waals surface area contributed by atoms with Crippen molar-refractivity contribution in [2.24, 2.45) is 0 Å². The summed E-state index contributed by atoms with van der Waals surface area (Å²) >= 11 is 0. The summed E-state index contributed by atoms with van der Waals surface area (Å²) in [7, 11) is 0. The van der Waals surface area contributed by atoms with E-state index in [0.717, 1.165) is 11.4 Å². The molecule has 2 aromatic carbocycles. The fourth-order valence-corrected chi connectivity index (χ4v) is 3.34. The number of fused-ring (bicyclic) bond motifs is 1. The van der Waals surface area contributed by atoms with Crippen molar-refractivity contribution in [3.05, 3.63) is 42.5 Å². The van der Waals surface area contributed by atoms with Gasteiger partial charge in [0.25, 0.3) is 0 Å². The average Bonchev–Trinajstić information content (AvgIpc) is 3.09. The van der Waals surface area contributed by atoms with Gasteiger partial charge in [0, 0.05) is 30.5 Å². The molecule has 8 heteroatoms. The van der Waals surface area contributed by atoms with Crippen molar-refractivity contribution in [1.82, 2.24) is 4.90 Å². The van der Waals surface area contributed by atoms with Crippen molar-refractivity contribution in [2.45, 2.75) is 6.92 Å². The largest absolute Gasteiger partial charge is 0.494 e. The van der Waals surface area contributed by atoms with Crippen LogP contribution in [-0.2, 0) is 4.79 Å². The van der Waals surface area contributed by atoms with E-state index in [-0.39, 0.29) is 18.5 Å². The number of anilines is 2. The zero-order valence-corrected chi connectivity index (χ0v) is 16.2. The van der Waals surface area contributed by atoms with Crippen LogP contribution in [0.2, 0.25) is 0 Å². The van der Waals surface area contributed by atoms with Crippen LogP contribution in [0.5, 0.6) is 17.2 Å². The van der Waals surface area contributed by atoms with Gasteiger partial charge < -0.3 is 24.4 Å². The minimum Gasteiger partial charge on any atom is -0.494 e. The first-order valence-electron chi connectivity index (χ1n) is 9.63. The maximum atomic E-state index is 12.8. The summed E-state index contributed by atoms with van der Waals surface area (Å²) < 4.78 is 16.5.